The van der Waals surface area contributed by atoms with Crippen molar-refractivity contribution in [3.8, 4) is 0 Å². The quantitative estimate of drug-likeness (QED) is 0.740. The van der Waals surface area contributed by atoms with E-state index in [9.17, 15) is 14.7 Å². The molecule has 1 aromatic carbocycles. The molecule has 1 saturated carbocycles. The van der Waals surface area contributed by atoms with Gasteiger partial charge in [-0.25, -0.2) is 0 Å². The maximum absolute atomic E-state index is 12.7. The first kappa shape index (κ1) is 20.5. The van der Waals surface area contributed by atoms with Crippen molar-refractivity contribution < 1.29 is 14.7 Å². The molecule has 8 heteroatoms. The maximum Gasteiger partial charge on any atom is 0.289 e. The molecular formula is C22H25ClN4O3. The monoisotopic (exact) mass is 428 g/mol. The molecule has 0 atom stereocenters. The van der Waals surface area contributed by atoms with Gasteiger partial charge in [-0.2, -0.15) is 5.10 Å². The van der Waals surface area contributed by atoms with Gasteiger partial charge in [-0.1, -0.05) is 41.9 Å². The van der Waals surface area contributed by atoms with Crippen molar-refractivity contribution >= 4 is 23.4 Å². The van der Waals surface area contributed by atoms with Crippen molar-refractivity contribution in [2.75, 3.05) is 13.1 Å². The third-order valence-corrected chi connectivity index (χ3v) is 6.13. The first-order valence-electron chi connectivity index (χ1n) is 10.3. The molecule has 2 aromatic rings. The molecule has 0 bridgehead atoms. The fourth-order valence-corrected chi connectivity index (χ4v) is 4.39. The molecule has 0 spiro atoms. The zero-order valence-electron chi connectivity index (χ0n) is 16.6. The Morgan fingerprint density at radius 3 is 2.57 bits per heavy atom. The Labute approximate surface area is 180 Å². The minimum absolute atomic E-state index is 0.0631. The van der Waals surface area contributed by atoms with Crippen LogP contribution in [0, 0.1) is 0 Å². The van der Waals surface area contributed by atoms with Gasteiger partial charge in [-0.15, -0.1) is 0 Å². The molecule has 0 radical (unpaired) electrons. The number of carbonyl (C=O) groups excluding carboxylic acids is 2. The highest BCUT2D eigenvalue weighted by molar-refractivity contribution is 6.30. The van der Waals surface area contributed by atoms with Gasteiger partial charge in [0.05, 0.1) is 29.9 Å². The summed E-state index contributed by atoms with van der Waals surface area (Å²) in [6.07, 6.45) is 6.98. The first-order chi connectivity index (χ1) is 14.5. The van der Waals surface area contributed by atoms with E-state index < -0.39 is 11.7 Å². The number of hydrogen-bond donors (Lipinski definition) is 2. The zero-order valence-corrected chi connectivity index (χ0v) is 17.4. The minimum atomic E-state index is -0.522. The summed E-state index contributed by atoms with van der Waals surface area (Å²) in [5.74, 6) is -0.810. The summed E-state index contributed by atoms with van der Waals surface area (Å²) in [6.45, 7) is 0.870. The van der Waals surface area contributed by atoms with E-state index in [1.165, 1.54) is 16.7 Å². The highest BCUT2D eigenvalue weighted by atomic mass is 35.5. The molecule has 0 saturated heterocycles. The van der Waals surface area contributed by atoms with Crippen LogP contribution in [0.25, 0.3) is 0 Å². The summed E-state index contributed by atoms with van der Waals surface area (Å²) in [4.78, 5) is 26.5. The molecule has 4 rings (SSSR count). The van der Waals surface area contributed by atoms with E-state index in [2.05, 4.69) is 34.7 Å². The Hall–Kier alpha value is -2.80. The number of carbonyl (C=O) groups is 2. The third-order valence-electron chi connectivity index (χ3n) is 5.93. The Balaban J connectivity index is 1.28. The molecule has 1 aliphatic heterocycles. The van der Waals surface area contributed by atoms with Crippen LogP contribution in [-0.4, -0.2) is 50.7 Å². The number of aromatic nitrogens is 2. The first-order valence-corrected chi connectivity index (χ1v) is 10.6. The minimum Gasteiger partial charge on any atom is -0.503 e. The van der Waals surface area contributed by atoms with E-state index in [0.717, 1.165) is 25.7 Å². The van der Waals surface area contributed by atoms with Crippen LogP contribution in [0.3, 0.4) is 0 Å². The Kier molecular flexibility index (Phi) is 6.08. The fourth-order valence-electron chi connectivity index (χ4n) is 4.23. The van der Waals surface area contributed by atoms with Crippen LogP contribution in [-0.2, 0) is 16.1 Å². The molecule has 2 N–H and O–H groups in total. The topological polar surface area (TPSA) is 87.5 Å². The predicted octanol–water partition coefficient (Wildman–Crippen LogP) is 3.03. The van der Waals surface area contributed by atoms with Crippen molar-refractivity contribution in [2.45, 2.75) is 44.2 Å². The van der Waals surface area contributed by atoms with Crippen molar-refractivity contribution in [1.29, 1.82) is 0 Å². The summed E-state index contributed by atoms with van der Waals surface area (Å²) in [7, 11) is 0. The number of nitrogens with zero attached hydrogens (tertiary/aromatic N) is 3. The summed E-state index contributed by atoms with van der Waals surface area (Å²) in [5, 5.41) is 17.8. The molecule has 0 unspecified atom stereocenters. The van der Waals surface area contributed by atoms with Crippen LogP contribution in [0.4, 0.5) is 0 Å². The SMILES string of the molecule is O=C(N[C@H]1CC[C@@H](c2ccccc2)CC1)C1=C(O)C(=O)N(CCn2cc(Cl)cn2)C1. The molecule has 1 fully saturated rings. The molecule has 2 aliphatic rings. The highest BCUT2D eigenvalue weighted by Crippen LogP contribution is 2.33. The van der Waals surface area contributed by atoms with Gasteiger partial charge < -0.3 is 15.3 Å². The second-order valence-corrected chi connectivity index (χ2v) is 8.34. The number of aliphatic hydroxyl groups excluding tert-OH is 1. The lowest BCUT2D eigenvalue weighted by Crippen LogP contribution is -2.39. The van der Waals surface area contributed by atoms with Gasteiger partial charge in [0.15, 0.2) is 5.76 Å². The lowest BCUT2D eigenvalue weighted by atomic mass is 9.82. The van der Waals surface area contributed by atoms with Crippen LogP contribution in [0.1, 0.15) is 37.2 Å². The van der Waals surface area contributed by atoms with Gasteiger partial charge in [-0.05, 0) is 37.2 Å². The van der Waals surface area contributed by atoms with Crippen LogP contribution < -0.4 is 5.32 Å². The lowest BCUT2D eigenvalue weighted by Gasteiger charge is -2.29. The van der Waals surface area contributed by atoms with Crippen molar-refractivity contribution in [1.82, 2.24) is 20.0 Å². The molecular weight excluding hydrogens is 404 g/mol. The number of nitrogens with one attached hydrogen (secondary N) is 1. The highest BCUT2D eigenvalue weighted by Gasteiger charge is 2.35. The van der Waals surface area contributed by atoms with Gasteiger partial charge in [-0.3, -0.25) is 14.3 Å². The molecule has 30 heavy (non-hydrogen) atoms. The van der Waals surface area contributed by atoms with Crippen LogP contribution >= 0.6 is 11.6 Å². The van der Waals surface area contributed by atoms with Crippen LogP contribution in [0.15, 0.2) is 54.1 Å². The second-order valence-electron chi connectivity index (χ2n) is 7.91. The van der Waals surface area contributed by atoms with E-state index in [-0.39, 0.29) is 24.1 Å². The predicted molar refractivity (Wildman–Crippen MR) is 113 cm³/mol. The van der Waals surface area contributed by atoms with Crippen LogP contribution in [0.2, 0.25) is 5.02 Å². The normalized spacial score (nSPS) is 21.9. The zero-order chi connectivity index (χ0) is 21.1. The summed E-state index contributed by atoms with van der Waals surface area (Å²) in [5.41, 5.74) is 1.49. The van der Waals surface area contributed by atoms with Crippen LogP contribution in [0.5, 0.6) is 0 Å². The third kappa shape index (κ3) is 4.51. The number of hydrogen-bond acceptors (Lipinski definition) is 4. The number of halogens is 1. The van der Waals surface area contributed by atoms with E-state index in [0.29, 0.717) is 24.0 Å². The Morgan fingerprint density at radius 2 is 1.90 bits per heavy atom. The van der Waals surface area contributed by atoms with Crippen molar-refractivity contribution in [2.24, 2.45) is 0 Å². The fraction of sp³-hybridized carbons (Fsp3) is 0.409. The average Bonchev–Trinajstić information content (AvgIpc) is 3.31. The van der Waals surface area contributed by atoms with E-state index >= 15 is 0 Å². The molecule has 2 heterocycles. The van der Waals surface area contributed by atoms with Crippen molar-refractivity contribution in [3.05, 3.63) is 64.6 Å². The maximum atomic E-state index is 12.7. The Bertz CT molecular complexity index is 948. The largest absolute Gasteiger partial charge is 0.503 e. The van der Waals surface area contributed by atoms with Gasteiger partial charge >= 0.3 is 0 Å². The number of benzene rings is 1. The average molecular weight is 429 g/mol. The van der Waals surface area contributed by atoms with E-state index in [1.54, 1.807) is 10.9 Å². The Morgan fingerprint density at radius 1 is 1.17 bits per heavy atom. The number of rotatable bonds is 6. The molecule has 1 aliphatic carbocycles. The van der Waals surface area contributed by atoms with E-state index in [4.69, 9.17) is 11.6 Å². The van der Waals surface area contributed by atoms with Gasteiger partial charge in [0, 0.05) is 18.8 Å². The van der Waals surface area contributed by atoms with Gasteiger partial charge in [0.1, 0.15) is 0 Å². The lowest BCUT2D eigenvalue weighted by molar-refractivity contribution is -0.128. The molecule has 2 amide bonds. The van der Waals surface area contributed by atoms with Crippen molar-refractivity contribution in [3.63, 3.8) is 0 Å². The standard InChI is InChI=1S/C22H25ClN4O3/c23-17-12-24-27(13-17)11-10-26-14-19(20(28)22(26)30)21(29)25-18-8-6-16(7-9-18)15-4-2-1-3-5-15/h1-5,12-13,16,18,28H,6-11,14H2,(H,25,29)/t16-,18+. The smallest absolute Gasteiger partial charge is 0.289 e. The van der Waals surface area contributed by atoms with E-state index in [1.807, 2.05) is 6.07 Å². The second kappa shape index (κ2) is 8.92. The number of amides is 2. The summed E-state index contributed by atoms with van der Waals surface area (Å²) in [6, 6.07) is 10.5. The molecule has 7 nitrogen and oxygen atoms in total. The molecule has 1 aromatic heterocycles. The van der Waals surface area contributed by atoms with Gasteiger partial charge in [0.2, 0.25) is 0 Å². The molecule has 158 valence electrons. The summed E-state index contributed by atoms with van der Waals surface area (Å²) < 4.78 is 1.62. The summed E-state index contributed by atoms with van der Waals surface area (Å²) >= 11 is 5.84. The van der Waals surface area contributed by atoms with Gasteiger partial charge in [0.25, 0.3) is 11.8 Å². The number of aliphatic hydroxyl groups is 1.